The van der Waals surface area contributed by atoms with Crippen molar-refractivity contribution < 1.29 is 14.3 Å². The SMILES string of the molecule is COC(=O)C1=NC2(CCCC2)c2[nH]c3ccccc3c2C1=O. The van der Waals surface area contributed by atoms with Crippen LogP contribution in [0.4, 0.5) is 0 Å². The van der Waals surface area contributed by atoms with Gasteiger partial charge in [0.25, 0.3) is 0 Å². The molecular formula is C17H16N2O3. The Balaban J connectivity index is 2.02. The fourth-order valence-corrected chi connectivity index (χ4v) is 3.72. The highest BCUT2D eigenvalue weighted by atomic mass is 16.5. The summed E-state index contributed by atoms with van der Waals surface area (Å²) >= 11 is 0. The van der Waals surface area contributed by atoms with E-state index in [2.05, 4.69) is 9.98 Å². The van der Waals surface area contributed by atoms with E-state index in [1.807, 2.05) is 24.3 Å². The van der Waals surface area contributed by atoms with Gasteiger partial charge in [-0.25, -0.2) is 4.79 Å². The number of nitrogens with zero attached hydrogens (tertiary/aromatic N) is 1. The van der Waals surface area contributed by atoms with Gasteiger partial charge in [0.2, 0.25) is 5.78 Å². The van der Waals surface area contributed by atoms with E-state index in [0.29, 0.717) is 5.56 Å². The average molecular weight is 296 g/mol. The van der Waals surface area contributed by atoms with Crippen molar-refractivity contribution in [3.63, 3.8) is 0 Å². The lowest BCUT2D eigenvalue weighted by molar-refractivity contribution is -0.132. The zero-order chi connectivity index (χ0) is 15.3. The Bertz CT molecular complexity index is 826. The van der Waals surface area contributed by atoms with E-state index in [9.17, 15) is 9.59 Å². The summed E-state index contributed by atoms with van der Waals surface area (Å²) in [5.41, 5.74) is 1.82. The third-order valence-corrected chi connectivity index (χ3v) is 4.75. The van der Waals surface area contributed by atoms with Crippen molar-refractivity contribution in [1.82, 2.24) is 4.98 Å². The number of fused-ring (bicyclic) bond motifs is 4. The molecule has 2 aromatic rings. The number of esters is 1. The fourth-order valence-electron chi connectivity index (χ4n) is 3.72. The van der Waals surface area contributed by atoms with Gasteiger partial charge in [-0.2, -0.15) is 0 Å². The van der Waals surface area contributed by atoms with Gasteiger partial charge in [0, 0.05) is 10.9 Å². The standard InChI is InChI=1S/C17H16N2O3/c1-22-16(21)13-14(20)12-10-6-2-3-7-11(10)18-15(12)17(19-13)8-4-5-9-17/h2-3,6-7,18H,4-5,8-9H2,1H3. The van der Waals surface area contributed by atoms with Crippen molar-refractivity contribution in [2.24, 2.45) is 4.99 Å². The summed E-state index contributed by atoms with van der Waals surface area (Å²) < 4.78 is 4.77. The molecule has 2 aliphatic rings. The van der Waals surface area contributed by atoms with Gasteiger partial charge in [-0.1, -0.05) is 31.0 Å². The first-order chi connectivity index (χ1) is 10.7. The van der Waals surface area contributed by atoms with Crippen LogP contribution in [0.2, 0.25) is 0 Å². The van der Waals surface area contributed by atoms with Crippen molar-refractivity contribution in [3.8, 4) is 0 Å². The summed E-state index contributed by atoms with van der Waals surface area (Å²) in [4.78, 5) is 32.7. The molecule has 0 bridgehead atoms. The van der Waals surface area contributed by atoms with Gasteiger partial charge in [-0.15, -0.1) is 0 Å². The van der Waals surface area contributed by atoms with E-state index in [1.54, 1.807) is 0 Å². The molecule has 0 radical (unpaired) electrons. The number of H-pyrrole nitrogens is 1. The van der Waals surface area contributed by atoms with Crippen LogP contribution in [0.15, 0.2) is 29.3 Å². The number of aromatic amines is 1. The zero-order valence-electron chi connectivity index (χ0n) is 12.3. The molecule has 4 rings (SSSR count). The summed E-state index contributed by atoms with van der Waals surface area (Å²) in [6, 6.07) is 7.68. The van der Waals surface area contributed by atoms with Crippen LogP contribution in [0, 0.1) is 0 Å². The Kier molecular flexibility index (Phi) is 2.73. The number of nitrogens with one attached hydrogen (secondary N) is 1. The molecule has 1 spiro atoms. The first-order valence-electron chi connectivity index (χ1n) is 7.50. The van der Waals surface area contributed by atoms with Gasteiger partial charge in [-0.3, -0.25) is 9.79 Å². The summed E-state index contributed by atoms with van der Waals surface area (Å²) in [5.74, 6) is -0.982. The van der Waals surface area contributed by atoms with Gasteiger partial charge < -0.3 is 9.72 Å². The Labute approximate surface area is 127 Å². The molecule has 0 unspecified atom stereocenters. The normalized spacial score (nSPS) is 19.3. The maximum Gasteiger partial charge on any atom is 0.360 e. The zero-order valence-corrected chi connectivity index (χ0v) is 12.3. The van der Waals surface area contributed by atoms with Crippen LogP contribution in [0.1, 0.15) is 41.7 Å². The molecule has 5 nitrogen and oxygen atoms in total. The van der Waals surface area contributed by atoms with Gasteiger partial charge in [0.1, 0.15) is 5.54 Å². The third-order valence-electron chi connectivity index (χ3n) is 4.75. The molecule has 0 atom stereocenters. The number of aromatic nitrogens is 1. The van der Waals surface area contributed by atoms with Gasteiger partial charge in [0.15, 0.2) is 5.71 Å². The van der Waals surface area contributed by atoms with E-state index in [-0.39, 0.29) is 11.5 Å². The van der Waals surface area contributed by atoms with Crippen molar-refractivity contribution in [2.75, 3.05) is 7.11 Å². The highest BCUT2D eigenvalue weighted by molar-refractivity contribution is 6.69. The van der Waals surface area contributed by atoms with Crippen LogP contribution in [0.5, 0.6) is 0 Å². The van der Waals surface area contributed by atoms with Crippen molar-refractivity contribution in [3.05, 3.63) is 35.5 Å². The van der Waals surface area contributed by atoms with E-state index in [0.717, 1.165) is 42.3 Å². The first kappa shape index (κ1) is 13.2. The molecule has 0 saturated heterocycles. The minimum atomic E-state index is -0.646. The summed E-state index contributed by atoms with van der Waals surface area (Å²) in [7, 11) is 1.28. The molecule has 1 N–H and O–H groups in total. The Hall–Kier alpha value is -2.43. The van der Waals surface area contributed by atoms with Crippen LogP contribution in [-0.4, -0.2) is 29.6 Å². The highest BCUT2D eigenvalue weighted by Gasteiger charge is 2.46. The molecule has 0 amide bonds. The third kappa shape index (κ3) is 1.62. The Morgan fingerprint density at radius 3 is 2.73 bits per heavy atom. The summed E-state index contributed by atoms with van der Waals surface area (Å²) in [6.07, 6.45) is 3.78. The van der Waals surface area contributed by atoms with E-state index in [4.69, 9.17) is 4.74 Å². The maximum absolute atomic E-state index is 12.8. The number of carbonyl (C=O) groups is 2. The lowest BCUT2D eigenvalue weighted by atomic mass is 9.85. The second-order valence-electron chi connectivity index (χ2n) is 5.94. The second-order valence-corrected chi connectivity index (χ2v) is 5.94. The average Bonchev–Trinajstić information content (AvgIpc) is 3.16. The minimum absolute atomic E-state index is 0.0679. The quantitative estimate of drug-likeness (QED) is 0.822. The van der Waals surface area contributed by atoms with Crippen LogP contribution in [0.3, 0.4) is 0 Å². The number of ether oxygens (including phenoxy) is 1. The Morgan fingerprint density at radius 2 is 2.00 bits per heavy atom. The molecule has 1 aliphatic heterocycles. The maximum atomic E-state index is 12.8. The smallest absolute Gasteiger partial charge is 0.360 e. The lowest BCUT2D eigenvalue weighted by Gasteiger charge is -2.29. The van der Waals surface area contributed by atoms with E-state index >= 15 is 0 Å². The fraction of sp³-hybridized carbons (Fsp3) is 0.353. The van der Waals surface area contributed by atoms with Gasteiger partial charge in [0.05, 0.1) is 18.4 Å². The second kappa shape index (κ2) is 4.53. The predicted molar refractivity (Wildman–Crippen MR) is 82.2 cm³/mol. The van der Waals surface area contributed by atoms with Gasteiger partial charge >= 0.3 is 5.97 Å². The largest absolute Gasteiger partial charge is 0.464 e. The van der Waals surface area contributed by atoms with E-state index in [1.165, 1.54) is 7.11 Å². The summed E-state index contributed by atoms with van der Waals surface area (Å²) in [5, 5.41) is 0.852. The van der Waals surface area contributed by atoms with Crippen molar-refractivity contribution in [1.29, 1.82) is 0 Å². The lowest BCUT2D eigenvalue weighted by Crippen LogP contribution is -2.37. The molecule has 2 heterocycles. The van der Waals surface area contributed by atoms with Crippen LogP contribution in [0.25, 0.3) is 10.9 Å². The van der Waals surface area contributed by atoms with Crippen LogP contribution >= 0.6 is 0 Å². The Morgan fingerprint density at radius 1 is 1.27 bits per heavy atom. The number of methoxy groups -OCH3 is 1. The number of ketones is 1. The first-order valence-corrected chi connectivity index (χ1v) is 7.50. The molecule has 1 aromatic heterocycles. The number of hydrogen-bond donors (Lipinski definition) is 1. The summed E-state index contributed by atoms with van der Waals surface area (Å²) in [6.45, 7) is 0. The monoisotopic (exact) mass is 296 g/mol. The molecule has 5 heteroatoms. The number of hydrogen-bond acceptors (Lipinski definition) is 4. The number of Topliss-reactive ketones (excluding diaryl/α,β-unsaturated/α-hetero) is 1. The predicted octanol–water partition coefficient (Wildman–Crippen LogP) is 2.75. The molecule has 22 heavy (non-hydrogen) atoms. The molecular weight excluding hydrogens is 280 g/mol. The number of carbonyl (C=O) groups excluding carboxylic acids is 2. The van der Waals surface area contributed by atoms with Crippen molar-refractivity contribution in [2.45, 2.75) is 31.2 Å². The molecule has 1 fully saturated rings. The van der Waals surface area contributed by atoms with E-state index < -0.39 is 11.5 Å². The van der Waals surface area contributed by atoms with Crippen molar-refractivity contribution >= 4 is 28.4 Å². The number of benzene rings is 1. The number of aliphatic imine (C=N–C) groups is 1. The minimum Gasteiger partial charge on any atom is -0.464 e. The molecule has 1 saturated carbocycles. The van der Waals surface area contributed by atoms with Crippen LogP contribution in [-0.2, 0) is 15.1 Å². The molecule has 112 valence electrons. The molecule has 1 aromatic carbocycles. The van der Waals surface area contributed by atoms with Crippen LogP contribution < -0.4 is 0 Å². The topological polar surface area (TPSA) is 71.5 Å². The number of rotatable bonds is 1. The molecule has 1 aliphatic carbocycles. The number of para-hydroxylation sites is 1. The highest BCUT2D eigenvalue weighted by Crippen LogP contribution is 2.47. The van der Waals surface area contributed by atoms with Gasteiger partial charge in [-0.05, 0) is 18.9 Å².